The SMILES string of the molecule is CC(C)=O.CP(C)(=O)c1ccccc1.CS(C)(=O)=O. The maximum absolute atomic E-state index is 11.4. The Balaban J connectivity index is 0. The van der Waals surface area contributed by atoms with E-state index in [0.29, 0.717) is 0 Å². The molecule has 1 aromatic carbocycles. The molecule has 0 N–H and O–H groups in total. The smallest absolute Gasteiger partial charge is 0.144 e. The Morgan fingerprint density at radius 2 is 1.26 bits per heavy atom. The summed E-state index contributed by atoms with van der Waals surface area (Å²) in [7, 11) is -4.68. The van der Waals surface area contributed by atoms with Crippen LogP contribution in [-0.4, -0.2) is 40.0 Å². The second-order valence-corrected chi connectivity index (χ2v) is 10.2. The van der Waals surface area contributed by atoms with E-state index < -0.39 is 17.0 Å². The van der Waals surface area contributed by atoms with Crippen molar-refractivity contribution < 1.29 is 17.8 Å². The van der Waals surface area contributed by atoms with Crippen LogP contribution in [0.25, 0.3) is 0 Å². The normalized spacial score (nSPS) is 10.4. The zero-order valence-electron chi connectivity index (χ0n) is 12.4. The number of hydrogen-bond acceptors (Lipinski definition) is 4. The second-order valence-electron chi connectivity index (χ2n) is 4.74. The Hall–Kier alpha value is -0.930. The highest BCUT2D eigenvalue weighted by atomic mass is 32.2. The van der Waals surface area contributed by atoms with Crippen molar-refractivity contribution >= 4 is 28.1 Å². The zero-order valence-corrected chi connectivity index (χ0v) is 14.1. The molecule has 0 aliphatic heterocycles. The average molecular weight is 306 g/mol. The van der Waals surface area contributed by atoms with E-state index in [2.05, 4.69) is 0 Å². The molecule has 1 rings (SSSR count). The lowest BCUT2D eigenvalue weighted by Crippen LogP contribution is -2.00. The first-order valence-electron chi connectivity index (χ1n) is 5.57. The topological polar surface area (TPSA) is 68.3 Å². The summed E-state index contributed by atoms with van der Waals surface area (Å²) in [6, 6.07) is 9.56. The molecule has 0 amide bonds. The Labute approximate surface area is 116 Å². The quantitative estimate of drug-likeness (QED) is 0.746. The Morgan fingerprint density at radius 3 is 1.42 bits per heavy atom. The monoisotopic (exact) mass is 306 g/mol. The summed E-state index contributed by atoms with van der Waals surface area (Å²) in [5.41, 5.74) is 0. The molecule has 0 bridgehead atoms. The first kappa shape index (κ1) is 20.4. The van der Waals surface area contributed by atoms with Gasteiger partial charge in [0.2, 0.25) is 0 Å². The van der Waals surface area contributed by atoms with Crippen molar-refractivity contribution in [1.82, 2.24) is 0 Å². The summed E-state index contributed by atoms with van der Waals surface area (Å²) >= 11 is 0. The van der Waals surface area contributed by atoms with Gasteiger partial charge in [0.25, 0.3) is 0 Å². The number of ketones is 1. The summed E-state index contributed by atoms with van der Waals surface area (Å²) in [5.74, 6) is 0.167. The van der Waals surface area contributed by atoms with Crippen LogP contribution in [0.1, 0.15) is 13.8 Å². The number of Topliss-reactive ketones (excluding diaryl/α,β-unsaturated/α-hetero) is 1. The minimum atomic E-state index is -2.67. The molecule has 1 aromatic rings. The molecule has 4 nitrogen and oxygen atoms in total. The standard InChI is InChI=1S/C8H11OP.C3H6O.C2H6O2S/c1-10(2,9)8-6-4-3-5-7-8;1-3(2)4;1-5(2,3)4/h3-7H,1-2H3;1-2H3;1-2H3. The van der Waals surface area contributed by atoms with Crippen molar-refractivity contribution in [1.29, 1.82) is 0 Å². The maximum Gasteiger partial charge on any atom is 0.144 e. The fraction of sp³-hybridized carbons (Fsp3) is 0.462. The predicted octanol–water partition coefficient (Wildman–Crippen LogP) is 2.19. The molecular weight excluding hydrogens is 283 g/mol. The van der Waals surface area contributed by atoms with E-state index in [4.69, 9.17) is 0 Å². The van der Waals surface area contributed by atoms with Crippen LogP contribution in [0.3, 0.4) is 0 Å². The highest BCUT2D eigenvalue weighted by Gasteiger charge is 2.08. The third-order valence-corrected chi connectivity index (χ3v) is 2.92. The molecule has 0 saturated heterocycles. The number of carbonyl (C=O) groups excluding carboxylic acids is 1. The van der Waals surface area contributed by atoms with Gasteiger partial charge in [0.1, 0.15) is 22.8 Å². The van der Waals surface area contributed by atoms with Gasteiger partial charge < -0.3 is 9.36 Å². The van der Waals surface area contributed by atoms with Gasteiger partial charge in [-0.1, -0.05) is 30.3 Å². The third-order valence-electron chi connectivity index (χ3n) is 1.38. The lowest BCUT2D eigenvalue weighted by Gasteiger charge is -2.04. The van der Waals surface area contributed by atoms with Gasteiger partial charge in [-0.25, -0.2) is 8.42 Å². The van der Waals surface area contributed by atoms with E-state index in [9.17, 15) is 17.8 Å². The Bertz CT molecular complexity index is 503. The minimum absolute atomic E-state index is 0.167. The molecule has 0 atom stereocenters. The number of hydrogen-bond donors (Lipinski definition) is 0. The van der Waals surface area contributed by atoms with E-state index in [1.807, 2.05) is 30.3 Å². The number of rotatable bonds is 1. The van der Waals surface area contributed by atoms with Gasteiger partial charge in [-0.15, -0.1) is 0 Å². The lowest BCUT2D eigenvalue weighted by molar-refractivity contribution is -0.114. The predicted molar refractivity (Wildman–Crippen MR) is 82.7 cm³/mol. The fourth-order valence-electron chi connectivity index (χ4n) is 0.787. The van der Waals surface area contributed by atoms with Gasteiger partial charge in [-0.3, -0.25) is 0 Å². The van der Waals surface area contributed by atoms with Gasteiger partial charge in [0, 0.05) is 17.8 Å². The first-order valence-corrected chi connectivity index (χ1v) is 10.5. The van der Waals surface area contributed by atoms with Crippen LogP contribution in [0.4, 0.5) is 0 Å². The summed E-state index contributed by atoms with van der Waals surface area (Å²) in [6.45, 7) is 6.62. The number of carbonyl (C=O) groups is 1. The average Bonchev–Trinajstić information content (AvgIpc) is 2.14. The first-order chi connectivity index (χ1) is 8.34. The van der Waals surface area contributed by atoms with E-state index in [1.54, 1.807) is 13.3 Å². The second kappa shape index (κ2) is 9.05. The summed E-state index contributed by atoms with van der Waals surface area (Å²) in [4.78, 5) is 9.44. The molecule has 110 valence electrons. The molecule has 0 spiro atoms. The molecule has 19 heavy (non-hydrogen) atoms. The minimum Gasteiger partial charge on any atom is -0.319 e. The largest absolute Gasteiger partial charge is 0.319 e. The highest BCUT2D eigenvalue weighted by molar-refractivity contribution is 7.89. The van der Waals surface area contributed by atoms with Crippen molar-refractivity contribution in [2.45, 2.75) is 13.8 Å². The summed E-state index contributed by atoms with van der Waals surface area (Å²) < 4.78 is 30.7. The number of sulfone groups is 1. The third kappa shape index (κ3) is 22.7. The molecule has 0 saturated carbocycles. The summed E-state index contributed by atoms with van der Waals surface area (Å²) in [5, 5.41) is 0.954. The van der Waals surface area contributed by atoms with Crippen molar-refractivity contribution in [3.05, 3.63) is 30.3 Å². The lowest BCUT2D eigenvalue weighted by atomic mass is 10.4. The molecular formula is C13H23O4PS. The van der Waals surface area contributed by atoms with Gasteiger partial charge in [0.15, 0.2) is 0 Å². The molecule has 0 radical (unpaired) electrons. The van der Waals surface area contributed by atoms with Crippen molar-refractivity contribution in [2.75, 3.05) is 25.8 Å². The van der Waals surface area contributed by atoms with Crippen LogP contribution in [0.15, 0.2) is 30.3 Å². The van der Waals surface area contributed by atoms with Gasteiger partial charge in [0.05, 0.1) is 0 Å². The Morgan fingerprint density at radius 1 is 1.00 bits per heavy atom. The van der Waals surface area contributed by atoms with Crippen LogP contribution < -0.4 is 5.30 Å². The zero-order chi connectivity index (χ0) is 15.7. The molecule has 0 aliphatic rings. The van der Waals surface area contributed by atoms with E-state index >= 15 is 0 Å². The van der Waals surface area contributed by atoms with Crippen molar-refractivity contribution in [3.8, 4) is 0 Å². The molecule has 0 fully saturated rings. The van der Waals surface area contributed by atoms with Crippen molar-refractivity contribution in [3.63, 3.8) is 0 Å². The van der Waals surface area contributed by atoms with Crippen molar-refractivity contribution in [2.24, 2.45) is 0 Å². The van der Waals surface area contributed by atoms with E-state index in [0.717, 1.165) is 17.8 Å². The number of benzene rings is 1. The van der Waals surface area contributed by atoms with Crippen LogP contribution in [0, 0.1) is 0 Å². The molecule has 0 aliphatic carbocycles. The Kier molecular flexibility index (Phi) is 9.71. The van der Waals surface area contributed by atoms with E-state index in [-0.39, 0.29) is 5.78 Å². The van der Waals surface area contributed by atoms with Crippen LogP contribution in [0.5, 0.6) is 0 Å². The highest BCUT2D eigenvalue weighted by Crippen LogP contribution is 2.33. The van der Waals surface area contributed by atoms with E-state index in [1.165, 1.54) is 13.8 Å². The van der Waals surface area contributed by atoms with Crippen LogP contribution in [0.2, 0.25) is 0 Å². The molecule has 0 aromatic heterocycles. The summed E-state index contributed by atoms with van der Waals surface area (Å²) in [6.07, 6.45) is 2.32. The van der Waals surface area contributed by atoms with Gasteiger partial charge in [-0.2, -0.15) is 0 Å². The molecule has 0 heterocycles. The fourth-order valence-corrected chi connectivity index (χ4v) is 1.68. The van der Waals surface area contributed by atoms with Gasteiger partial charge >= 0.3 is 0 Å². The molecule has 0 unspecified atom stereocenters. The maximum atomic E-state index is 11.4. The van der Waals surface area contributed by atoms with Gasteiger partial charge in [-0.05, 0) is 27.2 Å². The molecule has 6 heteroatoms. The van der Waals surface area contributed by atoms with Crippen LogP contribution in [-0.2, 0) is 19.2 Å². The van der Waals surface area contributed by atoms with Crippen LogP contribution >= 0.6 is 7.14 Å².